The van der Waals surface area contributed by atoms with Crippen LogP contribution in [0.1, 0.15) is 16.8 Å². The Morgan fingerprint density at radius 1 is 0.784 bits per heavy atom. The second-order valence-corrected chi connectivity index (χ2v) is 10.8. The van der Waals surface area contributed by atoms with E-state index in [9.17, 15) is 8.42 Å². The first-order chi connectivity index (χ1) is 18.0. The maximum absolute atomic E-state index is 13.6. The van der Waals surface area contributed by atoms with Crippen molar-refractivity contribution >= 4 is 20.9 Å². The third kappa shape index (κ3) is 4.36. The molecule has 37 heavy (non-hydrogen) atoms. The van der Waals surface area contributed by atoms with Crippen LogP contribution >= 0.6 is 0 Å². The van der Waals surface area contributed by atoms with Gasteiger partial charge in [-0.3, -0.25) is 4.68 Å². The van der Waals surface area contributed by atoms with Crippen LogP contribution in [0.2, 0.25) is 0 Å². The molecule has 6 rings (SSSR count). The molecule has 0 amide bonds. The van der Waals surface area contributed by atoms with E-state index in [1.165, 1.54) is 0 Å². The summed E-state index contributed by atoms with van der Waals surface area (Å²) in [5, 5.41) is 0.976. The number of para-hydroxylation sites is 1. The third-order valence-electron chi connectivity index (χ3n) is 6.58. The number of hydrogen-bond donors (Lipinski definition) is 1. The highest BCUT2D eigenvalue weighted by molar-refractivity contribution is 7.92. The molecule has 2 aliphatic rings. The summed E-state index contributed by atoms with van der Waals surface area (Å²) < 4.78 is 28.8. The summed E-state index contributed by atoms with van der Waals surface area (Å²) >= 11 is 0. The van der Waals surface area contributed by atoms with Crippen LogP contribution in [0, 0.1) is 6.92 Å². The SMILES string of the molecule is Cc1ccc(S(=O)(=O)Nn2cc3c4ccccc4nc-3c(-c3ccccc3)c2Cc2ccccc2)cc1. The van der Waals surface area contributed by atoms with E-state index < -0.39 is 10.0 Å². The molecular formula is C31H25N3O2S. The molecule has 0 aromatic heterocycles. The van der Waals surface area contributed by atoms with Crippen molar-refractivity contribution in [1.29, 1.82) is 0 Å². The van der Waals surface area contributed by atoms with E-state index in [4.69, 9.17) is 4.98 Å². The van der Waals surface area contributed by atoms with Gasteiger partial charge < -0.3 is 0 Å². The number of hydrogen-bond acceptors (Lipinski definition) is 3. The van der Waals surface area contributed by atoms with Gasteiger partial charge >= 0.3 is 0 Å². The molecule has 0 atom stereocenters. The first-order valence-electron chi connectivity index (χ1n) is 12.1. The zero-order valence-electron chi connectivity index (χ0n) is 20.3. The Hall–Kier alpha value is -4.42. The summed E-state index contributed by atoms with van der Waals surface area (Å²) in [6, 6.07) is 34.9. The Morgan fingerprint density at radius 2 is 1.43 bits per heavy atom. The van der Waals surface area contributed by atoms with E-state index >= 15 is 0 Å². The smallest absolute Gasteiger partial charge is 0.256 e. The molecule has 4 aromatic rings. The molecule has 5 nitrogen and oxygen atoms in total. The second kappa shape index (κ2) is 9.22. The van der Waals surface area contributed by atoms with Gasteiger partial charge in [0.2, 0.25) is 0 Å². The van der Waals surface area contributed by atoms with Gasteiger partial charge in [0, 0.05) is 29.1 Å². The van der Waals surface area contributed by atoms with Gasteiger partial charge in [-0.2, -0.15) is 8.42 Å². The largest absolute Gasteiger partial charge is 0.275 e. The van der Waals surface area contributed by atoms with Crippen molar-refractivity contribution in [3.05, 3.63) is 132 Å². The van der Waals surface area contributed by atoms with E-state index in [2.05, 4.69) is 4.83 Å². The van der Waals surface area contributed by atoms with Crippen molar-refractivity contribution in [2.75, 3.05) is 4.83 Å². The fourth-order valence-electron chi connectivity index (χ4n) is 4.74. The molecule has 182 valence electrons. The van der Waals surface area contributed by atoms with Crippen LogP contribution in [0.5, 0.6) is 0 Å². The van der Waals surface area contributed by atoms with Gasteiger partial charge in [-0.25, -0.2) is 9.82 Å². The number of fused-ring (bicyclic) bond motifs is 3. The lowest BCUT2D eigenvalue weighted by atomic mass is 9.94. The van der Waals surface area contributed by atoms with E-state index in [0.29, 0.717) is 6.42 Å². The minimum atomic E-state index is -3.86. The van der Waals surface area contributed by atoms with Crippen molar-refractivity contribution in [3.63, 3.8) is 0 Å². The first-order valence-corrected chi connectivity index (χ1v) is 13.6. The highest BCUT2D eigenvalue weighted by Gasteiger charge is 2.25. The molecule has 0 unspecified atom stereocenters. The Balaban J connectivity index is 1.64. The van der Waals surface area contributed by atoms with Gasteiger partial charge in [0.05, 0.1) is 21.8 Å². The Labute approximate surface area is 216 Å². The lowest BCUT2D eigenvalue weighted by Crippen LogP contribution is -2.27. The molecular weight excluding hydrogens is 478 g/mol. The van der Waals surface area contributed by atoms with Gasteiger partial charge in [0.25, 0.3) is 10.0 Å². The van der Waals surface area contributed by atoms with Crippen molar-refractivity contribution in [2.24, 2.45) is 0 Å². The summed E-state index contributed by atoms with van der Waals surface area (Å²) in [4.78, 5) is 8.08. The van der Waals surface area contributed by atoms with Crippen molar-refractivity contribution in [1.82, 2.24) is 9.66 Å². The molecule has 1 N–H and O–H groups in total. The van der Waals surface area contributed by atoms with Crippen molar-refractivity contribution in [3.8, 4) is 22.4 Å². The van der Waals surface area contributed by atoms with Crippen LogP contribution in [-0.4, -0.2) is 18.1 Å². The fraction of sp³-hybridized carbons (Fsp3) is 0.0645. The van der Waals surface area contributed by atoms with Gasteiger partial charge in [-0.05, 0) is 36.2 Å². The number of rotatable bonds is 6. The number of sulfonamides is 1. The molecule has 4 aromatic carbocycles. The Morgan fingerprint density at radius 3 is 2.16 bits per heavy atom. The van der Waals surface area contributed by atoms with Gasteiger partial charge in [-0.1, -0.05) is 96.6 Å². The predicted octanol–water partition coefficient (Wildman–Crippen LogP) is 6.64. The van der Waals surface area contributed by atoms with Crippen molar-refractivity contribution < 1.29 is 8.42 Å². The van der Waals surface area contributed by atoms with E-state index in [0.717, 1.165) is 50.1 Å². The summed E-state index contributed by atoms with van der Waals surface area (Å²) in [6.07, 6.45) is 2.38. The zero-order chi connectivity index (χ0) is 25.4. The number of benzene rings is 4. The highest BCUT2D eigenvalue weighted by atomic mass is 32.2. The third-order valence-corrected chi connectivity index (χ3v) is 7.91. The molecule has 2 aliphatic heterocycles. The van der Waals surface area contributed by atoms with Crippen molar-refractivity contribution in [2.45, 2.75) is 18.2 Å². The Kier molecular flexibility index (Phi) is 5.74. The molecule has 0 saturated heterocycles. The van der Waals surface area contributed by atoms with Gasteiger partial charge in [-0.15, -0.1) is 0 Å². The molecule has 2 heterocycles. The number of pyridine rings is 1. The van der Waals surface area contributed by atoms with E-state index in [-0.39, 0.29) is 4.90 Å². The summed E-state index contributed by atoms with van der Waals surface area (Å²) in [7, 11) is -3.86. The van der Waals surface area contributed by atoms with Gasteiger partial charge in [0.15, 0.2) is 0 Å². The molecule has 0 spiro atoms. The van der Waals surface area contributed by atoms with Gasteiger partial charge in [0.1, 0.15) is 0 Å². The lowest BCUT2D eigenvalue weighted by Gasteiger charge is -2.23. The average molecular weight is 504 g/mol. The Bertz CT molecular complexity index is 1780. The summed E-state index contributed by atoms with van der Waals surface area (Å²) in [6.45, 7) is 1.93. The lowest BCUT2D eigenvalue weighted by molar-refractivity contribution is 0.594. The zero-order valence-corrected chi connectivity index (χ0v) is 21.1. The monoisotopic (exact) mass is 503 g/mol. The maximum Gasteiger partial charge on any atom is 0.275 e. The molecule has 0 radical (unpaired) electrons. The quantitative estimate of drug-likeness (QED) is 0.277. The maximum atomic E-state index is 13.6. The van der Waals surface area contributed by atoms with Crippen LogP contribution in [0.25, 0.3) is 33.3 Å². The van der Waals surface area contributed by atoms with Crippen LogP contribution in [0.15, 0.2) is 120 Å². The van der Waals surface area contributed by atoms with E-state index in [1.54, 1.807) is 28.9 Å². The predicted molar refractivity (Wildman–Crippen MR) is 149 cm³/mol. The van der Waals surface area contributed by atoms with Crippen LogP contribution in [0.3, 0.4) is 0 Å². The van der Waals surface area contributed by atoms with Crippen LogP contribution in [-0.2, 0) is 16.4 Å². The fourth-order valence-corrected chi connectivity index (χ4v) is 5.77. The van der Waals surface area contributed by atoms with E-state index in [1.807, 2.05) is 98.0 Å². The first kappa shape index (κ1) is 23.0. The standard InChI is InChI=1S/C31H25N3O2S/c1-22-16-18-25(19-17-22)37(35,36)33-34-21-27-26-14-8-9-15-28(26)32-31(27)30(24-12-6-3-7-13-24)29(34)20-23-10-4-2-5-11-23/h2-19,21,33H,20H2,1H3. The summed E-state index contributed by atoms with van der Waals surface area (Å²) in [5.74, 6) is 0. The molecule has 0 fully saturated rings. The topological polar surface area (TPSA) is 64.0 Å². The average Bonchev–Trinajstić information content (AvgIpc) is 3.28. The second-order valence-electron chi connectivity index (χ2n) is 9.15. The minimum Gasteiger partial charge on any atom is -0.256 e. The number of aryl methyl sites for hydroxylation is 1. The van der Waals surface area contributed by atoms with Crippen LogP contribution in [0.4, 0.5) is 0 Å². The van der Waals surface area contributed by atoms with Crippen LogP contribution < -0.4 is 4.83 Å². The number of nitrogens with zero attached hydrogens (tertiary/aromatic N) is 2. The number of aromatic nitrogens is 2. The minimum absolute atomic E-state index is 0.211. The number of nitrogens with one attached hydrogen (secondary N) is 1. The highest BCUT2D eigenvalue weighted by Crippen LogP contribution is 2.41. The molecule has 6 heteroatoms. The summed E-state index contributed by atoms with van der Waals surface area (Å²) in [5.41, 5.74) is 7.37. The normalized spacial score (nSPS) is 11.7. The molecule has 0 saturated carbocycles. The molecule has 0 aliphatic carbocycles. The molecule has 0 bridgehead atoms.